The Labute approximate surface area is 104 Å². The van der Waals surface area contributed by atoms with Crippen LogP contribution in [-0.4, -0.2) is 18.2 Å². The van der Waals surface area contributed by atoms with Crippen LogP contribution in [0.5, 0.6) is 0 Å². The first-order valence-corrected chi connectivity index (χ1v) is 5.59. The molecule has 0 heterocycles. The maximum Gasteiger partial charge on any atom is 0.516 e. The number of esters is 1. The molecule has 1 unspecified atom stereocenters. The van der Waals surface area contributed by atoms with Crippen LogP contribution in [0, 0.1) is 0 Å². The molecule has 1 atom stereocenters. The van der Waals surface area contributed by atoms with Crippen molar-refractivity contribution < 1.29 is 19.1 Å². The van der Waals surface area contributed by atoms with Crippen LogP contribution in [0.1, 0.15) is 30.6 Å². The molecule has 5 heteroatoms. The van der Waals surface area contributed by atoms with Crippen LogP contribution < -0.4 is 0 Å². The summed E-state index contributed by atoms with van der Waals surface area (Å²) in [6, 6.07) is 6.14. The molecule has 1 rings (SSSR count). The molecule has 0 N–H and O–H groups in total. The number of hydrogen-bond donors (Lipinski definition) is 0. The number of carbonyl (C=O) groups is 2. The topological polar surface area (TPSA) is 52.6 Å². The lowest BCUT2D eigenvalue weighted by atomic mass is 10.2. The molecule has 17 heavy (non-hydrogen) atoms. The highest BCUT2D eigenvalue weighted by Gasteiger charge is 2.16. The van der Waals surface area contributed by atoms with Gasteiger partial charge in [-0.1, -0.05) is 24.6 Å². The van der Waals surface area contributed by atoms with Gasteiger partial charge in [-0.2, -0.15) is 0 Å². The van der Waals surface area contributed by atoms with Gasteiger partial charge in [0.05, 0.1) is 5.56 Å². The third-order valence-electron chi connectivity index (χ3n) is 2.11. The van der Waals surface area contributed by atoms with Crippen LogP contribution in [0.25, 0.3) is 0 Å². The number of hydrogen-bond acceptors (Lipinski definition) is 4. The van der Waals surface area contributed by atoms with Gasteiger partial charge < -0.3 is 9.47 Å². The molecular formula is C12H13ClO4. The Bertz CT molecular complexity index is 417. The fourth-order valence-electron chi connectivity index (χ4n) is 1.02. The minimum atomic E-state index is -0.996. The van der Waals surface area contributed by atoms with Gasteiger partial charge in [0.2, 0.25) is 0 Å². The van der Waals surface area contributed by atoms with Crippen molar-refractivity contribution >= 4 is 23.7 Å². The van der Waals surface area contributed by atoms with E-state index in [1.807, 2.05) is 6.92 Å². The fraction of sp³-hybridized carbons (Fsp3) is 0.333. The molecule has 0 aliphatic rings. The maximum absolute atomic E-state index is 11.5. The molecule has 0 amide bonds. The first-order valence-electron chi connectivity index (χ1n) is 5.21. The molecule has 0 bridgehead atoms. The summed E-state index contributed by atoms with van der Waals surface area (Å²) in [5.74, 6) is -0.777. The maximum atomic E-state index is 11.5. The van der Waals surface area contributed by atoms with Crippen molar-refractivity contribution in [3.05, 3.63) is 34.9 Å². The summed E-state index contributed by atoms with van der Waals surface area (Å²) in [5, 5.41) is 0.398. The molecule has 4 nitrogen and oxygen atoms in total. The average molecular weight is 257 g/mol. The van der Waals surface area contributed by atoms with E-state index in [0.29, 0.717) is 11.4 Å². The highest BCUT2D eigenvalue weighted by molar-refractivity contribution is 6.30. The Morgan fingerprint density at radius 2 is 2.12 bits per heavy atom. The van der Waals surface area contributed by atoms with E-state index in [-0.39, 0.29) is 11.7 Å². The molecule has 0 aromatic heterocycles. The Kier molecular flexibility index (Phi) is 4.97. The van der Waals surface area contributed by atoms with Crippen molar-refractivity contribution in [3.8, 4) is 0 Å². The SMILES string of the molecule is CCC(C)OC(=O)OC(=O)c1cccc(Cl)c1. The van der Waals surface area contributed by atoms with Crippen LogP contribution >= 0.6 is 11.6 Å². The smallest absolute Gasteiger partial charge is 0.431 e. The molecule has 0 saturated heterocycles. The first-order chi connectivity index (χ1) is 8.02. The Morgan fingerprint density at radius 1 is 1.41 bits per heavy atom. The zero-order valence-corrected chi connectivity index (χ0v) is 10.4. The van der Waals surface area contributed by atoms with Gasteiger partial charge in [0.15, 0.2) is 0 Å². The highest BCUT2D eigenvalue weighted by Crippen LogP contribution is 2.12. The second kappa shape index (κ2) is 6.25. The normalized spacial score (nSPS) is 11.7. The van der Waals surface area contributed by atoms with Gasteiger partial charge in [-0.3, -0.25) is 0 Å². The number of benzene rings is 1. The molecule has 92 valence electrons. The van der Waals surface area contributed by atoms with Gasteiger partial charge in [-0.15, -0.1) is 0 Å². The third kappa shape index (κ3) is 4.44. The van der Waals surface area contributed by atoms with Crippen molar-refractivity contribution in [3.63, 3.8) is 0 Å². The minimum absolute atomic E-state index is 0.207. The molecular weight excluding hydrogens is 244 g/mol. The van der Waals surface area contributed by atoms with E-state index in [1.165, 1.54) is 12.1 Å². The van der Waals surface area contributed by atoms with E-state index >= 15 is 0 Å². The number of carbonyl (C=O) groups excluding carboxylic acids is 2. The molecule has 0 saturated carbocycles. The lowest BCUT2D eigenvalue weighted by Gasteiger charge is -2.09. The monoisotopic (exact) mass is 256 g/mol. The van der Waals surface area contributed by atoms with Gasteiger partial charge in [0.1, 0.15) is 6.10 Å². The summed E-state index contributed by atoms with van der Waals surface area (Å²) in [7, 11) is 0. The largest absolute Gasteiger partial charge is 0.516 e. The first kappa shape index (κ1) is 13.5. The van der Waals surface area contributed by atoms with E-state index in [1.54, 1.807) is 19.1 Å². The van der Waals surface area contributed by atoms with E-state index < -0.39 is 12.1 Å². The van der Waals surface area contributed by atoms with Crippen LogP contribution in [0.3, 0.4) is 0 Å². The van der Waals surface area contributed by atoms with Gasteiger partial charge >= 0.3 is 12.1 Å². The van der Waals surface area contributed by atoms with Crippen molar-refractivity contribution in [2.45, 2.75) is 26.4 Å². The van der Waals surface area contributed by atoms with Crippen LogP contribution in [0.15, 0.2) is 24.3 Å². The molecule has 1 aromatic rings. The standard InChI is InChI=1S/C12H13ClO4/c1-3-8(2)16-12(15)17-11(14)9-5-4-6-10(13)7-9/h4-8H,3H2,1-2H3. The van der Waals surface area contributed by atoms with E-state index in [2.05, 4.69) is 4.74 Å². The summed E-state index contributed by atoms with van der Waals surface area (Å²) in [5.41, 5.74) is 0.207. The summed E-state index contributed by atoms with van der Waals surface area (Å²) >= 11 is 5.71. The molecule has 0 spiro atoms. The van der Waals surface area contributed by atoms with Gasteiger partial charge in [0, 0.05) is 5.02 Å². The zero-order chi connectivity index (χ0) is 12.8. The average Bonchev–Trinajstić information content (AvgIpc) is 2.28. The highest BCUT2D eigenvalue weighted by atomic mass is 35.5. The molecule has 1 aromatic carbocycles. The van der Waals surface area contributed by atoms with Gasteiger partial charge in [-0.05, 0) is 31.5 Å². The van der Waals surface area contributed by atoms with Crippen molar-refractivity contribution in [2.75, 3.05) is 0 Å². The Balaban J connectivity index is 2.58. The van der Waals surface area contributed by atoms with Crippen LogP contribution in [0.4, 0.5) is 4.79 Å². The summed E-state index contributed by atoms with van der Waals surface area (Å²) < 4.78 is 9.31. The molecule has 0 aliphatic carbocycles. The van der Waals surface area contributed by atoms with Gasteiger partial charge in [-0.25, -0.2) is 9.59 Å². The van der Waals surface area contributed by atoms with Gasteiger partial charge in [0.25, 0.3) is 0 Å². The van der Waals surface area contributed by atoms with Crippen LogP contribution in [-0.2, 0) is 9.47 Å². The van der Waals surface area contributed by atoms with Crippen molar-refractivity contribution in [1.82, 2.24) is 0 Å². The zero-order valence-electron chi connectivity index (χ0n) is 9.60. The number of halogens is 1. The lowest BCUT2D eigenvalue weighted by molar-refractivity contribution is 0.0245. The summed E-state index contributed by atoms with van der Waals surface area (Å²) in [6.07, 6.45) is -0.625. The quantitative estimate of drug-likeness (QED) is 0.614. The predicted octanol–water partition coefficient (Wildman–Crippen LogP) is 3.43. The van der Waals surface area contributed by atoms with Crippen molar-refractivity contribution in [2.24, 2.45) is 0 Å². The Hall–Kier alpha value is -1.55. The second-order valence-electron chi connectivity index (χ2n) is 3.49. The number of rotatable bonds is 3. The van der Waals surface area contributed by atoms with E-state index in [9.17, 15) is 9.59 Å². The fourth-order valence-corrected chi connectivity index (χ4v) is 1.21. The lowest BCUT2D eigenvalue weighted by Crippen LogP contribution is -2.18. The van der Waals surface area contributed by atoms with Crippen molar-refractivity contribution in [1.29, 1.82) is 0 Å². The summed E-state index contributed by atoms with van der Waals surface area (Å²) in [6.45, 7) is 3.57. The number of ether oxygens (including phenoxy) is 2. The predicted molar refractivity (Wildman–Crippen MR) is 63.1 cm³/mol. The Morgan fingerprint density at radius 3 is 2.71 bits per heavy atom. The van der Waals surface area contributed by atoms with E-state index in [0.717, 1.165) is 0 Å². The molecule has 0 radical (unpaired) electrons. The summed E-state index contributed by atoms with van der Waals surface area (Å²) in [4.78, 5) is 22.7. The molecule has 0 fully saturated rings. The minimum Gasteiger partial charge on any atom is -0.431 e. The van der Waals surface area contributed by atoms with E-state index in [4.69, 9.17) is 16.3 Å². The second-order valence-corrected chi connectivity index (χ2v) is 3.92. The molecule has 0 aliphatic heterocycles. The van der Waals surface area contributed by atoms with Crippen LogP contribution in [0.2, 0.25) is 5.02 Å². The third-order valence-corrected chi connectivity index (χ3v) is 2.34.